The summed E-state index contributed by atoms with van der Waals surface area (Å²) in [5, 5.41) is 20.9. The average Bonchev–Trinajstić information content (AvgIpc) is 3.76. The number of amides is 9. The van der Waals surface area contributed by atoms with Crippen LogP contribution in [0, 0.1) is 0 Å². The van der Waals surface area contributed by atoms with Gasteiger partial charge in [0.1, 0.15) is 42.3 Å². The lowest BCUT2D eigenvalue weighted by Gasteiger charge is -2.30. The van der Waals surface area contributed by atoms with Crippen LogP contribution in [0.3, 0.4) is 0 Å². The molecule has 8 atom stereocenters. The smallest absolute Gasteiger partial charge is 0.245 e. The molecule has 15 N–H and O–H groups in total. The van der Waals surface area contributed by atoms with Crippen molar-refractivity contribution in [1.82, 2.24) is 52.5 Å². The van der Waals surface area contributed by atoms with E-state index >= 15 is 0 Å². The highest BCUT2D eigenvalue weighted by Crippen LogP contribution is 2.11. The fraction of sp³-hybridized carbons (Fsp3) is 0.537. The normalized spacial score (nSPS) is 22.3. The molecule has 1 saturated heterocycles. The van der Waals surface area contributed by atoms with Crippen molar-refractivity contribution in [2.75, 3.05) is 6.54 Å². The minimum absolute atomic E-state index is 0.0573. The summed E-state index contributed by atoms with van der Waals surface area (Å²) in [6, 6.07) is -1.88. The summed E-state index contributed by atoms with van der Waals surface area (Å²) in [7, 11) is 0. The van der Waals surface area contributed by atoms with Crippen LogP contribution in [-0.2, 0) is 56.0 Å². The number of unbranched alkanes of at least 4 members (excludes halogenated alkanes) is 1. The Morgan fingerprint density at radius 2 is 1.48 bits per heavy atom. The molecule has 23 heteroatoms. The molecule has 1 fully saturated rings. The molecular weight excluding hydrogens is 833 g/mol. The number of nitrogens with one attached hydrogen (secondary N) is 9. The highest BCUT2D eigenvalue weighted by Gasteiger charge is 2.36. The van der Waals surface area contributed by atoms with E-state index in [1.165, 1.54) is 33.3 Å². The number of imidazole rings is 1. The molecule has 1 aromatic heterocycles. The van der Waals surface area contributed by atoms with E-state index in [-0.39, 0.29) is 51.0 Å². The van der Waals surface area contributed by atoms with Crippen LogP contribution < -0.4 is 59.7 Å². The zero-order chi connectivity index (χ0) is 47.3. The van der Waals surface area contributed by atoms with E-state index in [0.29, 0.717) is 24.1 Å². The fourth-order valence-corrected chi connectivity index (χ4v) is 6.67. The molecule has 2 heterocycles. The van der Waals surface area contributed by atoms with Gasteiger partial charge in [0.05, 0.1) is 12.4 Å². The standard InChI is InChI=1S/C41H62N14O9/c1-5-6-13-27(50-24(4)56)35(59)52-29-15-16-32(57)48-22(2)33(40(64)49-23(3)34(42)58)55-37(61)28(14-10-17-46-41(43)44)51-38(62)30(18-25-11-8-7-9-12-25)53-39(63)31(54-36(29)60)19-26-20-45-21-47-26/h7-9,11-12,20-23,27-31,33H,5-6,10,13-19H2,1-4H3,(H2,42,58)(H,45,47)(H,48,57)(H,49,64)(H,50,56)(H,51,62)(H,52,59)(H,53,63)(H,54,60)(H,55,61)(H4,43,44,46)/t22?,23-,27-,28-,29-,30+,31-,33-/m0/s1. The zero-order valence-electron chi connectivity index (χ0n) is 36.5. The Bertz CT molecular complexity index is 1960. The molecule has 1 aliphatic heterocycles. The van der Waals surface area contributed by atoms with Crippen molar-refractivity contribution < 1.29 is 43.2 Å². The number of aliphatic imine (C=N–C) groups is 1. The molecule has 0 saturated carbocycles. The van der Waals surface area contributed by atoms with Gasteiger partial charge in [0.25, 0.3) is 0 Å². The number of nitrogens with zero attached hydrogens (tertiary/aromatic N) is 2. The zero-order valence-corrected chi connectivity index (χ0v) is 36.5. The van der Waals surface area contributed by atoms with Gasteiger partial charge in [-0.2, -0.15) is 0 Å². The number of carbonyl (C=O) groups excluding carboxylic acids is 9. The van der Waals surface area contributed by atoms with Gasteiger partial charge < -0.3 is 64.7 Å². The second kappa shape index (κ2) is 25.8. The van der Waals surface area contributed by atoms with Crippen molar-refractivity contribution in [3.8, 4) is 0 Å². The first-order valence-electron chi connectivity index (χ1n) is 21.1. The summed E-state index contributed by atoms with van der Waals surface area (Å²) >= 11 is 0. The average molecular weight is 895 g/mol. The first kappa shape index (κ1) is 51.3. The third-order valence-corrected chi connectivity index (χ3v) is 10.2. The number of primary amides is 1. The number of carbonyl (C=O) groups is 9. The Balaban J connectivity index is 2.15. The van der Waals surface area contributed by atoms with Crippen LogP contribution in [0.25, 0.3) is 0 Å². The maximum atomic E-state index is 14.3. The summed E-state index contributed by atoms with van der Waals surface area (Å²) in [6.07, 6.45) is 3.38. The van der Waals surface area contributed by atoms with Gasteiger partial charge in [-0.1, -0.05) is 50.1 Å². The predicted octanol–water partition coefficient (Wildman–Crippen LogP) is -3.34. The van der Waals surface area contributed by atoms with Crippen molar-refractivity contribution in [3.63, 3.8) is 0 Å². The maximum Gasteiger partial charge on any atom is 0.245 e. The lowest BCUT2D eigenvalue weighted by molar-refractivity contribution is -0.136. The number of hydrogen-bond acceptors (Lipinski definition) is 11. The molecule has 1 aromatic carbocycles. The van der Waals surface area contributed by atoms with E-state index in [2.05, 4.69) is 57.5 Å². The van der Waals surface area contributed by atoms with Gasteiger partial charge >= 0.3 is 0 Å². The summed E-state index contributed by atoms with van der Waals surface area (Å²) in [5.41, 5.74) is 17.4. The Kier molecular flexibility index (Phi) is 20.6. The predicted molar refractivity (Wildman–Crippen MR) is 233 cm³/mol. The van der Waals surface area contributed by atoms with Gasteiger partial charge in [0.15, 0.2) is 5.96 Å². The second-order valence-electron chi connectivity index (χ2n) is 15.6. The molecule has 9 amide bonds. The van der Waals surface area contributed by atoms with Crippen molar-refractivity contribution in [2.24, 2.45) is 22.2 Å². The summed E-state index contributed by atoms with van der Waals surface area (Å²) in [4.78, 5) is 133. The van der Waals surface area contributed by atoms with Crippen LogP contribution in [-0.4, -0.2) is 124 Å². The van der Waals surface area contributed by atoms with Gasteiger partial charge in [-0.3, -0.25) is 48.1 Å². The number of guanidine groups is 1. The molecule has 0 aliphatic carbocycles. The fourth-order valence-electron chi connectivity index (χ4n) is 6.67. The molecule has 2 aromatic rings. The highest BCUT2D eigenvalue weighted by molar-refractivity contribution is 5.98. The SMILES string of the molecule is CCCC[C@H](NC(C)=O)C(=O)N[C@H]1CCC(=O)NC(C)[C@@H](C(=O)N[C@@H](C)C(N)=O)NC(=O)[C@H](CCCN=C(N)N)NC(=O)[C@@H](Cc2ccccc2)NC(=O)[C@H](Cc2cnc[nH]2)NC1=O. The summed E-state index contributed by atoms with van der Waals surface area (Å²) in [6.45, 7) is 5.92. The van der Waals surface area contributed by atoms with Gasteiger partial charge in [-0.25, -0.2) is 4.98 Å². The van der Waals surface area contributed by atoms with E-state index < -0.39 is 108 Å². The Hall–Kier alpha value is -7.07. The summed E-state index contributed by atoms with van der Waals surface area (Å²) < 4.78 is 0. The monoisotopic (exact) mass is 894 g/mol. The summed E-state index contributed by atoms with van der Waals surface area (Å²) in [5.74, 6) is -7.34. The number of aromatic nitrogens is 2. The number of hydrogen-bond donors (Lipinski definition) is 12. The topological polar surface area (TPSA) is 369 Å². The Morgan fingerprint density at radius 3 is 2.09 bits per heavy atom. The molecule has 1 aliphatic rings. The first-order chi connectivity index (χ1) is 30.4. The van der Waals surface area contributed by atoms with Gasteiger partial charge in [0.2, 0.25) is 53.2 Å². The maximum absolute atomic E-state index is 14.3. The molecule has 0 spiro atoms. The van der Waals surface area contributed by atoms with Crippen molar-refractivity contribution in [1.29, 1.82) is 0 Å². The van der Waals surface area contributed by atoms with Crippen molar-refractivity contribution in [2.45, 2.75) is 134 Å². The molecule has 0 radical (unpaired) electrons. The number of aromatic amines is 1. The lowest BCUT2D eigenvalue weighted by atomic mass is 10.0. The number of rotatable bonds is 17. The van der Waals surface area contributed by atoms with E-state index in [0.717, 1.165) is 0 Å². The van der Waals surface area contributed by atoms with Gasteiger partial charge in [-0.15, -0.1) is 0 Å². The minimum atomic E-state index is -1.56. The van der Waals surface area contributed by atoms with E-state index in [4.69, 9.17) is 17.2 Å². The largest absolute Gasteiger partial charge is 0.370 e. The third-order valence-electron chi connectivity index (χ3n) is 10.2. The molecule has 1 unspecified atom stereocenters. The lowest BCUT2D eigenvalue weighted by Crippen LogP contribution is -2.63. The Labute approximate surface area is 370 Å². The second-order valence-corrected chi connectivity index (χ2v) is 15.6. The van der Waals surface area contributed by atoms with Crippen molar-refractivity contribution >= 4 is 59.1 Å². The number of H-pyrrole nitrogens is 1. The third kappa shape index (κ3) is 17.4. The van der Waals surface area contributed by atoms with Crippen molar-refractivity contribution in [3.05, 3.63) is 54.1 Å². The molecule has 64 heavy (non-hydrogen) atoms. The van der Waals surface area contributed by atoms with Crippen LogP contribution >= 0.6 is 0 Å². The first-order valence-corrected chi connectivity index (χ1v) is 21.1. The molecule has 0 bridgehead atoms. The quantitative estimate of drug-likeness (QED) is 0.0421. The number of benzene rings is 1. The highest BCUT2D eigenvalue weighted by atomic mass is 16.2. The van der Waals surface area contributed by atoms with E-state index in [9.17, 15) is 43.2 Å². The van der Waals surface area contributed by atoms with Crippen LogP contribution in [0.2, 0.25) is 0 Å². The van der Waals surface area contributed by atoms with E-state index in [1.807, 2.05) is 6.92 Å². The van der Waals surface area contributed by atoms with Gasteiger partial charge in [-0.05, 0) is 45.1 Å². The molecule has 350 valence electrons. The molecular formula is C41H62N14O9. The number of nitrogens with two attached hydrogens (primary N) is 3. The van der Waals surface area contributed by atoms with Crippen LogP contribution in [0.5, 0.6) is 0 Å². The molecule has 23 nitrogen and oxygen atoms in total. The van der Waals surface area contributed by atoms with Crippen LogP contribution in [0.1, 0.15) is 83.9 Å². The van der Waals surface area contributed by atoms with Gasteiger partial charge in [0, 0.05) is 44.6 Å². The molecule has 3 rings (SSSR count). The van der Waals surface area contributed by atoms with E-state index in [1.54, 1.807) is 30.3 Å². The van der Waals surface area contributed by atoms with Crippen LogP contribution in [0.15, 0.2) is 47.8 Å². The van der Waals surface area contributed by atoms with Crippen LogP contribution in [0.4, 0.5) is 0 Å². The minimum Gasteiger partial charge on any atom is -0.370 e. The Morgan fingerprint density at radius 1 is 0.844 bits per heavy atom.